The first-order valence-electron chi connectivity index (χ1n) is 8.45. The first-order chi connectivity index (χ1) is 11.9. The van der Waals surface area contributed by atoms with E-state index in [4.69, 9.17) is 4.74 Å². The number of nitrogens with zero attached hydrogens (tertiary/aromatic N) is 4. The van der Waals surface area contributed by atoms with Crippen molar-refractivity contribution in [1.82, 2.24) is 19.9 Å². The van der Waals surface area contributed by atoms with Gasteiger partial charge in [-0.05, 0) is 24.8 Å². The zero-order chi connectivity index (χ0) is 16.2. The number of ether oxygens (including phenoxy) is 1. The van der Waals surface area contributed by atoms with Gasteiger partial charge < -0.3 is 14.6 Å². The van der Waals surface area contributed by atoms with Crippen LogP contribution in [0.2, 0.25) is 0 Å². The number of hydrogen-bond donors (Lipinski definition) is 1. The Morgan fingerprint density at radius 2 is 2.08 bits per heavy atom. The summed E-state index contributed by atoms with van der Waals surface area (Å²) in [5, 5.41) is 0. The lowest BCUT2D eigenvalue weighted by atomic mass is 10.1. The van der Waals surface area contributed by atoms with Gasteiger partial charge in [-0.25, -0.2) is 15.0 Å². The Kier molecular flexibility index (Phi) is 4.38. The van der Waals surface area contributed by atoms with Crippen molar-refractivity contribution >= 4 is 17.0 Å². The highest BCUT2D eigenvalue weighted by Gasteiger charge is 2.25. The van der Waals surface area contributed by atoms with Crippen LogP contribution in [0.5, 0.6) is 0 Å². The number of hydrogen-bond acceptors (Lipinski definition) is 5. The Bertz CT molecular complexity index is 788. The first-order valence-corrected chi connectivity index (χ1v) is 8.45. The monoisotopic (exact) mass is 323 g/mol. The Hall–Kier alpha value is -2.47. The molecule has 2 aromatic heterocycles. The van der Waals surface area contributed by atoms with Crippen LogP contribution >= 0.6 is 0 Å². The van der Waals surface area contributed by atoms with Gasteiger partial charge in [0.25, 0.3) is 0 Å². The van der Waals surface area contributed by atoms with E-state index >= 15 is 0 Å². The van der Waals surface area contributed by atoms with Crippen LogP contribution in [0.1, 0.15) is 18.4 Å². The molecule has 1 saturated heterocycles. The van der Waals surface area contributed by atoms with Gasteiger partial charge >= 0.3 is 0 Å². The minimum Gasteiger partial charge on any atom is -0.376 e. The highest BCUT2D eigenvalue weighted by molar-refractivity contribution is 5.82. The van der Waals surface area contributed by atoms with Gasteiger partial charge in [0.05, 0.1) is 12.4 Å². The summed E-state index contributed by atoms with van der Waals surface area (Å²) in [7, 11) is 0. The molecule has 3 aromatic rings. The quantitative estimate of drug-likeness (QED) is 0.706. The predicted molar refractivity (Wildman–Crippen MR) is 93.0 cm³/mol. The van der Waals surface area contributed by atoms with Crippen LogP contribution in [0.15, 0.2) is 43.0 Å². The maximum Gasteiger partial charge on any atom is 0.182 e. The molecule has 4 rings (SSSR count). The molecule has 1 atom stereocenters. The molecule has 124 valence electrons. The lowest BCUT2D eigenvalue weighted by Gasteiger charge is -2.17. The molecule has 24 heavy (non-hydrogen) atoms. The Morgan fingerprint density at radius 1 is 1.17 bits per heavy atom. The minimum absolute atomic E-state index is 0.272. The van der Waals surface area contributed by atoms with Crippen LogP contribution < -0.4 is 4.90 Å². The maximum atomic E-state index is 6.06. The van der Waals surface area contributed by atoms with Gasteiger partial charge in [0.1, 0.15) is 11.8 Å². The number of fused-ring (bicyclic) bond motifs is 1. The Morgan fingerprint density at radius 3 is 3.00 bits per heavy atom. The molecule has 3 heterocycles. The molecule has 1 N–H and O–H groups in total. The molecule has 0 amide bonds. The summed E-state index contributed by atoms with van der Waals surface area (Å²) in [6, 6.07) is 10.6. The van der Waals surface area contributed by atoms with E-state index in [9.17, 15) is 0 Å². The Labute approximate surface area is 140 Å². The average molecular weight is 323 g/mol. The number of benzene rings is 1. The van der Waals surface area contributed by atoms with Crippen molar-refractivity contribution in [3.05, 3.63) is 48.5 Å². The first kappa shape index (κ1) is 15.1. The Balaban J connectivity index is 1.28. The van der Waals surface area contributed by atoms with Gasteiger partial charge in [0.15, 0.2) is 11.5 Å². The SMILES string of the molecule is c1ccc(CCCO[C@@H]2CCN(c3ncnc4nc[nH]c34)C2)cc1. The van der Waals surface area contributed by atoms with E-state index in [0.29, 0.717) is 5.65 Å². The summed E-state index contributed by atoms with van der Waals surface area (Å²) in [6.45, 7) is 2.63. The molecule has 1 fully saturated rings. The molecule has 0 saturated carbocycles. The van der Waals surface area contributed by atoms with E-state index < -0.39 is 0 Å². The van der Waals surface area contributed by atoms with Gasteiger partial charge in [-0.15, -0.1) is 0 Å². The summed E-state index contributed by atoms with van der Waals surface area (Å²) in [5.41, 5.74) is 2.99. The summed E-state index contributed by atoms with van der Waals surface area (Å²) in [6.07, 6.45) is 6.67. The van der Waals surface area contributed by atoms with E-state index in [1.54, 1.807) is 12.7 Å². The van der Waals surface area contributed by atoms with E-state index in [1.165, 1.54) is 5.56 Å². The maximum absolute atomic E-state index is 6.06. The van der Waals surface area contributed by atoms with Crippen LogP contribution in [-0.4, -0.2) is 45.7 Å². The molecule has 0 spiro atoms. The van der Waals surface area contributed by atoms with Crippen molar-refractivity contribution in [1.29, 1.82) is 0 Å². The zero-order valence-electron chi connectivity index (χ0n) is 13.6. The third kappa shape index (κ3) is 3.23. The number of nitrogens with one attached hydrogen (secondary N) is 1. The highest BCUT2D eigenvalue weighted by Crippen LogP contribution is 2.24. The van der Waals surface area contributed by atoms with Crippen LogP contribution in [-0.2, 0) is 11.2 Å². The average Bonchev–Trinajstić information content (AvgIpc) is 3.28. The normalized spacial score (nSPS) is 17.7. The summed E-state index contributed by atoms with van der Waals surface area (Å²) < 4.78 is 6.06. The molecule has 6 heteroatoms. The van der Waals surface area contributed by atoms with E-state index in [-0.39, 0.29) is 6.10 Å². The lowest BCUT2D eigenvalue weighted by Crippen LogP contribution is -2.24. The largest absolute Gasteiger partial charge is 0.376 e. The molecule has 1 aromatic carbocycles. The number of aromatic amines is 1. The van der Waals surface area contributed by atoms with Crippen LogP contribution in [0.25, 0.3) is 11.2 Å². The third-order valence-electron chi connectivity index (χ3n) is 4.45. The van der Waals surface area contributed by atoms with Gasteiger partial charge in [-0.1, -0.05) is 30.3 Å². The lowest BCUT2D eigenvalue weighted by molar-refractivity contribution is 0.0667. The number of aromatic nitrogens is 4. The number of anilines is 1. The summed E-state index contributed by atoms with van der Waals surface area (Å²) in [4.78, 5) is 18.2. The smallest absolute Gasteiger partial charge is 0.182 e. The van der Waals surface area contributed by atoms with Gasteiger partial charge in [-0.3, -0.25) is 0 Å². The number of aryl methyl sites for hydroxylation is 1. The van der Waals surface area contributed by atoms with E-state index in [2.05, 4.69) is 55.2 Å². The van der Waals surface area contributed by atoms with E-state index in [0.717, 1.165) is 50.3 Å². The topological polar surface area (TPSA) is 66.9 Å². The van der Waals surface area contributed by atoms with E-state index in [1.807, 2.05) is 0 Å². The molecule has 0 aliphatic carbocycles. The second-order valence-electron chi connectivity index (χ2n) is 6.12. The molecular weight excluding hydrogens is 302 g/mol. The molecule has 1 aliphatic rings. The van der Waals surface area contributed by atoms with Crippen LogP contribution in [0, 0.1) is 0 Å². The van der Waals surface area contributed by atoms with Crippen molar-refractivity contribution in [2.24, 2.45) is 0 Å². The molecule has 0 unspecified atom stereocenters. The van der Waals surface area contributed by atoms with Gasteiger partial charge in [0.2, 0.25) is 0 Å². The van der Waals surface area contributed by atoms with Crippen LogP contribution in [0.4, 0.5) is 5.82 Å². The highest BCUT2D eigenvalue weighted by atomic mass is 16.5. The van der Waals surface area contributed by atoms with Crippen LogP contribution in [0.3, 0.4) is 0 Å². The number of H-pyrrole nitrogens is 1. The minimum atomic E-state index is 0.272. The van der Waals surface area contributed by atoms with Crippen molar-refractivity contribution in [3.8, 4) is 0 Å². The molecule has 6 nitrogen and oxygen atoms in total. The second kappa shape index (κ2) is 6.97. The second-order valence-corrected chi connectivity index (χ2v) is 6.12. The standard InChI is InChI=1S/C18H21N5O/c1-2-5-14(6-3-1)7-4-10-24-15-8-9-23(11-15)18-16-17(20-12-19-16)21-13-22-18/h1-3,5-6,12-13,15H,4,7-11H2,(H,19,20,21,22)/t15-/m1/s1. The van der Waals surface area contributed by atoms with Crippen molar-refractivity contribution in [2.75, 3.05) is 24.6 Å². The molecular formula is C18H21N5O. The number of rotatable bonds is 6. The van der Waals surface area contributed by atoms with Gasteiger partial charge in [0, 0.05) is 19.7 Å². The fourth-order valence-corrected chi connectivity index (χ4v) is 3.22. The fourth-order valence-electron chi connectivity index (χ4n) is 3.22. The number of imidazole rings is 1. The van der Waals surface area contributed by atoms with Gasteiger partial charge in [-0.2, -0.15) is 0 Å². The zero-order valence-corrected chi connectivity index (χ0v) is 13.6. The molecule has 1 aliphatic heterocycles. The summed E-state index contributed by atoms with van der Waals surface area (Å²) >= 11 is 0. The van der Waals surface area contributed by atoms with Crippen molar-refractivity contribution < 1.29 is 4.74 Å². The van der Waals surface area contributed by atoms with Crippen molar-refractivity contribution in [2.45, 2.75) is 25.4 Å². The fraction of sp³-hybridized carbons (Fsp3) is 0.389. The molecule has 0 bridgehead atoms. The predicted octanol–water partition coefficient (Wildman–Crippen LogP) is 2.58. The molecule has 0 radical (unpaired) electrons. The van der Waals surface area contributed by atoms with Crippen molar-refractivity contribution in [3.63, 3.8) is 0 Å². The summed E-state index contributed by atoms with van der Waals surface area (Å²) in [5.74, 6) is 0.924. The third-order valence-corrected chi connectivity index (χ3v) is 4.45.